The monoisotopic (exact) mass is 205 g/mol. The maximum absolute atomic E-state index is 4.42. The second-order valence-corrected chi connectivity index (χ2v) is 3.90. The standard InChI is InChI=1S/C10H11N3S/c1-7-6-12-10(11-2)13-9(7)8-4-3-5-14-8/h3-6H,1-2H3,(H,11,12,13). The summed E-state index contributed by atoms with van der Waals surface area (Å²) in [6.07, 6.45) is 1.84. The molecule has 0 aliphatic carbocycles. The van der Waals surface area contributed by atoms with Crippen molar-refractivity contribution in [3.8, 4) is 10.6 Å². The molecule has 2 aromatic heterocycles. The van der Waals surface area contributed by atoms with E-state index < -0.39 is 0 Å². The van der Waals surface area contributed by atoms with Crippen molar-refractivity contribution in [1.29, 1.82) is 0 Å². The van der Waals surface area contributed by atoms with Crippen LogP contribution in [0.1, 0.15) is 5.56 Å². The van der Waals surface area contributed by atoms with Gasteiger partial charge in [-0.25, -0.2) is 9.97 Å². The lowest BCUT2D eigenvalue weighted by molar-refractivity contribution is 1.13. The highest BCUT2D eigenvalue weighted by molar-refractivity contribution is 7.13. The highest BCUT2D eigenvalue weighted by Gasteiger charge is 2.05. The van der Waals surface area contributed by atoms with Crippen molar-refractivity contribution < 1.29 is 0 Å². The van der Waals surface area contributed by atoms with Crippen molar-refractivity contribution in [2.75, 3.05) is 12.4 Å². The van der Waals surface area contributed by atoms with Gasteiger partial charge in [0.1, 0.15) is 0 Å². The van der Waals surface area contributed by atoms with Gasteiger partial charge in [-0.05, 0) is 23.9 Å². The number of aryl methyl sites for hydroxylation is 1. The van der Waals surface area contributed by atoms with E-state index in [2.05, 4.69) is 26.7 Å². The number of nitrogens with zero attached hydrogens (tertiary/aromatic N) is 2. The van der Waals surface area contributed by atoms with Gasteiger partial charge in [-0.15, -0.1) is 11.3 Å². The molecule has 0 saturated heterocycles. The van der Waals surface area contributed by atoms with E-state index in [-0.39, 0.29) is 0 Å². The summed E-state index contributed by atoms with van der Waals surface area (Å²) in [4.78, 5) is 9.75. The summed E-state index contributed by atoms with van der Waals surface area (Å²) in [5, 5.41) is 4.99. The summed E-state index contributed by atoms with van der Waals surface area (Å²) in [6, 6.07) is 4.10. The van der Waals surface area contributed by atoms with Crippen LogP contribution >= 0.6 is 11.3 Å². The molecule has 0 radical (unpaired) electrons. The zero-order valence-corrected chi connectivity index (χ0v) is 8.93. The molecule has 0 aromatic carbocycles. The molecule has 0 aliphatic rings. The molecule has 0 aliphatic heterocycles. The minimum atomic E-state index is 0.666. The Morgan fingerprint density at radius 2 is 2.29 bits per heavy atom. The number of hydrogen-bond acceptors (Lipinski definition) is 4. The Labute approximate surface area is 86.8 Å². The molecule has 72 valence electrons. The van der Waals surface area contributed by atoms with Crippen molar-refractivity contribution >= 4 is 17.3 Å². The summed E-state index contributed by atoms with van der Waals surface area (Å²) < 4.78 is 0. The lowest BCUT2D eigenvalue weighted by Gasteiger charge is -2.04. The van der Waals surface area contributed by atoms with Crippen molar-refractivity contribution in [2.24, 2.45) is 0 Å². The first-order valence-corrected chi connectivity index (χ1v) is 5.24. The Hall–Kier alpha value is -1.42. The molecule has 1 N–H and O–H groups in total. The van der Waals surface area contributed by atoms with Crippen molar-refractivity contribution in [3.05, 3.63) is 29.3 Å². The Bertz CT molecular complexity index is 423. The third kappa shape index (κ3) is 1.61. The number of thiophene rings is 1. The first-order chi connectivity index (χ1) is 6.81. The molecule has 0 bridgehead atoms. The smallest absolute Gasteiger partial charge is 0.222 e. The zero-order chi connectivity index (χ0) is 9.97. The topological polar surface area (TPSA) is 37.8 Å². The average molecular weight is 205 g/mol. The van der Waals surface area contributed by atoms with E-state index in [1.165, 1.54) is 4.88 Å². The fourth-order valence-corrected chi connectivity index (χ4v) is 2.00. The quantitative estimate of drug-likeness (QED) is 0.818. The van der Waals surface area contributed by atoms with Crippen LogP contribution in [0.4, 0.5) is 5.95 Å². The van der Waals surface area contributed by atoms with E-state index in [1.54, 1.807) is 11.3 Å². The SMILES string of the molecule is CNc1ncc(C)c(-c2cccs2)n1. The Morgan fingerprint density at radius 1 is 1.43 bits per heavy atom. The third-order valence-electron chi connectivity index (χ3n) is 1.95. The Morgan fingerprint density at radius 3 is 2.93 bits per heavy atom. The fraction of sp³-hybridized carbons (Fsp3) is 0.200. The van der Waals surface area contributed by atoms with Crippen LogP contribution in [-0.2, 0) is 0 Å². The molecule has 0 fully saturated rings. The molecule has 14 heavy (non-hydrogen) atoms. The van der Waals surface area contributed by atoms with Gasteiger partial charge in [-0.3, -0.25) is 0 Å². The van der Waals surface area contributed by atoms with E-state index in [1.807, 2.05) is 26.2 Å². The Kier molecular flexibility index (Phi) is 2.45. The lowest BCUT2D eigenvalue weighted by atomic mass is 10.2. The van der Waals surface area contributed by atoms with Gasteiger partial charge in [0.2, 0.25) is 5.95 Å². The molecular formula is C10H11N3S. The summed E-state index contributed by atoms with van der Waals surface area (Å²) >= 11 is 1.69. The molecule has 0 unspecified atom stereocenters. The lowest BCUT2D eigenvalue weighted by Crippen LogP contribution is -1.98. The molecule has 3 nitrogen and oxygen atoms in total. The number of aromatic nitrogens is 2. The third-order valence-corrected chi connectivity index (χ3v) is 2.83. The molecule has 0 amide bonds. The van der Waals surface area contributed by atoms with Crippen molar-refractivity contribution in [3.63, 3.8) is 0 Å². The van der Waals surface area contributed by atoms with Gasteiger partial charge in [0.25, 0.3) is 0 Å². The summed E-state index contributed by atoms with van der Waals surface area (Å²) in [5.41, 5.74) is 2.12. The van der Waals surface area contributed by atoms with Gasteiger partial charge in [0.15, 0.2) is 0 Å². The van der Waals surface area contributed by atoms with E-state index in [0.717, 1.165) is 11.3 Å². The molecule has 0 atom stereocenters. The number of rotatable bonds is 2. The van der Waals surface area contributed by atoms with Crippen LogP contribution in [0, 0.1) is 6.92 Å². The predicted molar refractivity (Wildman–Crippen MR) is 59.6 cm³/mol. The predicted octanol–water partition coefficient (Wildman–Crippen LogP) is 2.56. The Balaban J connectivity index is 2.51. The van der Waals surface area contributed by atoms with E-state index in [4.69, 9.17) is 0 Å². The normalized spacial score (nSPS) is 10.1. The van der Waals surface area contributed by atoms with Crippen LogP contribution in [0.5, 0.6) is 0 Å². The second kappa shape index (κ2) is 3.75. The van der Waals surface area contributed by atoms with Gasteiger partial charge in [-0.2, -0.15) is 0 Å². The van der Waals surface area contributed by atoms with Gasteiger partial charge >= 0.3 is 0 Å². The molecule has 4 heteroatoms. The molecule has 0 saturated carbocycles. The molecule has 0 spiro atoms. The highest BCUT2D eigenvalue weighted by atomic mass is 32.1. The first-order valence-electron chi connectivity index (χ1n) is 4.36. The maximum atomic E-state index is 4.42. The zero-order valence-electron chi connectivity index (χ0n) is 8.11. The van der Waals surface area contributed by atoms with Crippen LogP contribution in [0.15, 0.2) is 23.7 Å². The van der Waals surface area contributed by atoms with Crippen LogP contribution in [0.25, 0.3) is 10.6 Å². The van der Waals surface area contributed by atoms with Gasteiger partial charge < -0.3 is 5.32 Å². The number of hydrogen-bond donors (Lipinski definition) is 1. The van der Waals surface area contributed by atoms with Crippen LogP contribution in [0.3, 0.4) is 0 Å². The molecule has 2 aromatic rings. The largest absolute Gasteiger partial charge is 0.357 e. The molecular weight excluding hydrogens is 194 g/mol. The highest BCUT2D eigenvalue weighted by Crippen LogP contribution is 2.25. The van der Waals surface area contributed by atoms with Gasteiger partial charge in [0.05, 0.1) is 10.6 Å². The summed E-state index contributed by atoms with van der Waals surface area (Å²) in [5.74, 6) is 0.666. The number of nitrogens with one attached hydrogen (secondary N) is 1. The van der Waals surface area contributed by atoms with E-state index in [0.29, 0.717) is 5.95 Å². The van der Waals surface area contributed by atoms with Gasteiger partial charge in [-0.1, -0.05) is 6.07 Å². The van der Waals surface area contributed by atoms with E-state index in [9.17, 15) is 0 Å². The van der Waals surface area contributed by atoms with E-state index >= 15 is 0 Å². The fourth-order valence-electron chi connectivity index (χ4n) is 1.23. The summed E-state index contributed by atoms with van der Waals surface area (Å²) in [6.45, 7) is 2.02. The minimum Gasteiger partial charge on any atom is -0.357 e. The average Bonchev–Trinajstić information content (AvgIpc) is 2.71. The molecule has 2 rings (SSSR count). The van der Waals surface area contributed by atoms with Crippen LogP contribution in [0.2, 0.25) is 0 Å². The van der Waals surface area contributed by atoms with Gasteiger partial charge in [0, 0.05) is 13.2 Å². The van der Waals surface area contributed by atoms with Crippen molar-refractivity contribution in [2.45, 2.75) is 6.92 Å². The summed E-state index contributed by atoms with van der Waals surface area (Å²) in [7, 11) is 1.82. The van der Waals surface area contributed by atoms with Crippen LogP contribution in [-0.4, -0.2) is 17.0 Å². The maximum Gasteiger partial charge on any atom is 0.222 e. The first kappa shape index (κ1) is 9.15. The van der Waals surface area contributed by atoms with Crippen LogP contribution < -0.4 is 5.32 Å². The number of anilines is 1. The molecule has 2 heterocycles. The second-order valence-electron chi connectivity index (χ2n) is 2.95. The van der Waals surface area contributed by atoms with Crippen molar-refractivity contribution in [1.82, 2.24) is 9.97 Å². The minimum absolute atomic E-state index is 0.666.